The number of rotatable bonds is 8. The number of amides is 1. The van der Waals surface area contributed by atoms with Crippen LogP contribution in [0.4, 0.5) is 0 Å². The third-order valence-corrected chi connectivity index (χ3v) is 3.38. The van der Waals surface area contributed by atoms with Gasteiger partial charge in [-0.05, 0) is 24.5 Å². The lowest BCUT2D eigenvalue weighted by atomic mass is 9.99. The predicted octanol–water partition coefficient (Wildman–Crippen LogP) is 2.49. The summed E-state index contributed by atoms with van der Waals surface area (Å²) in [5.41, 5.74) is 6.90. The van der Waals surface area contributed by atoms with Gasteiger partial charge in [0.15, 0.2) is 0 Å². The molecule has 1 unspecified atom stereocenters. The molecule has 0 fully saturated rings. The van der Waals surface area contributed by atoms with Crippen LogP contribution in [0.15, 0.2) is 18.3 Å². The Bertz CT molecular complexity index is 393. The highest BCUT2D eigenvalue weighted by Crippen LogP contribution is 2.11. The molecule has 4 heteroatoms. The van der Waals surface area contributed by atoms with Crippen LogP contribution in [0.1, 0.15) is 55.6 Å². The van der Waals surface area contributed by atoms with Gasteiger partial charge in [-0.2, -0.15) is 0 Å². The molecule has 1 rings (SSSR count). The topological polar surface area (TPSA) is 68.0 Å². The van der Waals surface area contributed by atoms with Crippen molar-refractivity contribution in [2.24, 2.45) is 11.7 Å². The van der Waals surface area contributed by atoms with Crippen LogP contribution in [-0.4, -0.2) is 17.4 Å². The zero-order valence-electron chi connectivity index (χ0n) is 12.0. The highest BCUT2D eigenvalue weighted by Gasteiger charge is 2.10. The molecule has 1 aromatic heterocycles. The normalized spacial score (nSPS) is 12.2. The quantitative estimate of drug-likeness (QED) is 0.757. The van der Waals surface area contributed by atoms with E-state index in [0.717, 1.165) is 18.7 Å². The minimum absolute atomic E-state index is 0.0351. The van der Waals surface area contributed by atoms with E-state index in [-0.39, 0.29) is 5.91 Å². The molecule has 3 N–H and O–H groups in total. The Morgan fingerprint density at radius 2 is 2.26 bits per heavy atom. The minimum atomic E-state index is -0.0351. The zero-order chi connectivity index (χ0) is 14.1. The second kappa shape index (κ2) is 8.64. The maximum Gasteiger partial charge on any atom is 0.251 e. The Balaban J connectivity index is 2.49. The van der Waals surface area contributed by atoms with Crippen molar-refractivity contribution in [3.8, 4) is 0 Å². The molecule has 106 valence electrons. The van der Waals surface area contributed by atoms with E-state index in [9.17, 15) is 4.79 Å². The van der Waals surface area contributed by atoms with E-state index in [1.165, 1.54) is 19.3 Å². The van der Waals surface area contributed by atoms with Gasteiger partial charge in [0, 0.05) is 24.8 Å². The second-order valence-electron chi connectivity index (χ2n) is 4.87. The number of nitrogens with zero attached hydrogens (tertiary/aromatic N) is 1. The van der Waals surface area contributed by atoms with Gasteiger partial charge in [-0.25, -0.2) is 0 Å². The van der Waals surface area contributed by atoms with E-state index in [4.69, 9.17) is 5.73 Å². The number of aromatic nitrogens is 1. The van der Waals surface area contributed by atoms with Gasteiger partial charge < -0.3 is 11.1 Å². The molecule has 0 aliphatic carbocycles. The molecular formula is C15H25N3O. The van der Waals surface area contributed by atoms with Crippen molar-refractivity contribution in [2.45, 2.75) is 46.1 Å². The molecule has 0 aliphatic heterocycles. The number of carbonyl (C=O) groups is 1. The fourth-order valence-electron chi connectivity index (χ4n) is 2.01. The molecule has 0 saturated heterocycles. The van der Waals surface area contributed by atoms with Crippen LogP contribution in [0, 0.1) is 5.92 Å². The van der Waals surface area contributed by atoms with E-state index in [1.807, 2.05) is 0 Å². The number of hydrogen-bond acceptors (Lipinski definition) is 3. The molecule has 0 radical (unpaired) electrons. The van der Waals surface area contributed by atoms with Crippen LogP contribution in [-0.2, 0) is 6.54 Å². The summed E-state index contributed by atoms with van der Waals surface area (Å²) in [6.45, 7) is 5.47. The molecule has 1 heterocycles. The highest BCUT2D eigenvalue weighted by atomic mass is 16.1. The summed E-state index contributed by atoms with van der Waals surface area (Å²) in [7, 11) is 0. The van der Waals surface area contributed by atoms with Crippen LogP contribution in [0.2, 0.25) is 0 Å². The van der Waals surface area contributed by atoms with Crippen LogP contribution in [0.5, 0.6) is 0 Å². The van der Waals surface area contributed by atoms with Gasteiger partial charge in [0.05, 0.1) is 5.69 Å². The summed E-state index contributed by atoms with van der Waals surface area (Å²) in [5.74, 6) is 0.534. The molecular weight excluding hydrogens is 238 g/mol. The molecule has 0 aromatic carbocycles. The fourth-order valence-corrected chi connectivity index (χ4v) is 2.01. The maximum absolute atomic E-state index is 12.0. The molecule has 0 bridgehead atoms. The van der Waals surface area contributed by atoms with Gasteiger partial charge in [-0.1, -0.05) is 33.1 Å². The lowest BCUT2D eigenvalue weighted by molar-refractivity contribution is 0.0945. The first-order valence-corrected chi connectivity index (χ1v) is 7.14. The predicted molar refractivity (Wildman–Crippen MR) is 77.8 cm³/mol. The molecule has 4 nitrogen and oxygen atoms in total. The summed E-state index contributed by atoms with van der Waals surface area (Å²) >= 11 is 0. The number of nitrogens with one attached hydrogen (secondary N) is 1. The molecule has 1 atom stereocenters. The van der Waals surface area contributed by atoms with Crippen LogP contribution < -0.4 is 11.1 Å². The summed E-state index contributed by atoms with van der Waals surface area (Å²) < 4.78 is 0. The largest absolute Gasteiger partial charge is 0.352 e. The summed E-state index contributed by atoms with van der Waals surface area (Å²) in [6, 6.07) is 3.48. The third kappa shape index (κ3) is 5.39. The van der Waals surface area contributed by atoms with Crippen LogP contribution >= 0.6 is 0 Å². The summed E-state index contributed by atoms with van der Waals surface area (Å²) in [6.07, 6.45) is 6.34. The fraction of sp³-hybridized carbons (Fsp3) is 0.600. The Kier molecular flexibility index (Phi) is 7.11. The third-order valence-electron chi connectivity index (χ3n) is 3.38. The SMILES string of the molecule is CCCCC(CC)CNC(=O)c1ccnc(CN)c1. The molecule has 1 aromatic rings. The second-order valence-corrected chi connectivity index (χ2v) is 4.87. The van der Waals surface area contributed by atoms with E-state index in [0.29, 0.717) is 18.0 Å². The number of pyridine rings is 1. The van der Waals surface area contributed by atoms with Gasteiger partial charge in [-0.15, -0.1) is 0 Å². The van der Waals surface area contributed by atoms with Crippen molar-refractivity contribution in [3.63, 3.8) is 0 Å². The molecule has 1 amide bonds. The van der Waals surface area contributed by atoms with Crippen molar-refractivity contribution in [1.29, 1.82) is 0 Å². The van der Waals surface area contributed by atoms with Crippen molar-refractivity contribution in [2.75, 3.05) is 6.54 Å². The Morgan fingerprint density at radius 3 is 2.89 bits per heavy atom. The molecule has 0 aliphatic rings. The maximum atomic E-state index is 12.0. The van der Waals surface area contributed by atoms with E-state index in [1.54, 1.807) is 18.3 Å². The Labute approximate surface area is 115 Å². The van der Waals surface area contributed by atoms with Gasteiger partial charge in [0.25, 0.3) is 5.91 Å². The summed E-state index contributed by atoms with van der Waals surface area (Å²) in [4.78, 5) is 16.1. The van der Waals surface area contributed by atoms with Gasteiger partial charge >= 0.3 is 0 Å². The average molecular weight is 263 g/mol. The first-order valence-electron chi connectivity index (χ1n) is 7.14. The Morgan fingerprint density at radius 1 is 1.47 bits per heavy atom. The zero-order valence-corrected chi connectivity index (χ0v) is 12.0. The first-order chi connectivity index (χ1) is 9.21. The van der Waals surface area contributed by atoms with Gasteiger partial charge in [0.2, 0.25) is 0 Å². The van der Waals surface area contributed by atoms with Crippen molar-refractivity contribution in [1.82, 2.24) is 10.3 Å². The lowest BCUT2D eigenvalue weighted by Gasteiger charge is -2.15. The van der Waals surface area contributed by atoms with E-state index in [2.05, 4.69) is 24.1 Å². The number of carbonyl (C=O) groups excluding carboxylic acids is 1. The highest BCUT2D eigenvalue weighted by molar-refractivity contribution is 5.94. The monoisotopic (exact) mass is 263 g/mol. The molecule has 19 heavy (non-hydrogen) atoms. The molecule has 0 saturated carbocycles. The summed E-state index contributed by atoms with van der Waals surface area (Å²) in [5, 5.41) is 3.00. The smallest absolute Gasteiger partial charge is 0.251 e. The number of unbranched alkanes of at least 4 members (excludes halogenated alkanes) is 1. The van der Waals surface area contributed by atoms with Crippen molar-refractivity contribution < 1.29 is 4.79 Å². The lowest BCUT2D eigenvalue weighted by Crippen LogP contribution is -2.29. The van der Waals surface area contributed by atoms with Crippen LogP contribution in [0.25, 0.3) is 0 Å². The Hall–Kier alpha value is -1.42. The molecule has 0 spiro atoms. The van der Waals surface area contributed by atoms with Gasteiger partial charge in [-0.3, -0.25) is 9.78 Å². The van der Waals surface area contributed by atoms with Crippen molar-refractivity contribution in [3.05, 3.63) is 29.6 Å². The van der Waals surface area contributed by atoms with E-state index < -0.39 is 0 Å². The van der Waals surface area contributed by atoms with Crippen LogP contribution in [0.3, 0.4) is 0 Å². The minimum Gasteiger partial charge on any atom is -0.352 e. The van der Waals surface area contributed by atoms with E-state index >= 15 is 0 Å². The standard InChI is InChI=1S/C15H25N3O/c1-3-5-6-12(4-2)11-18-15(19)13-7-8-17-14(9-13)10-16/h7-9,12H,3-6,10-11,16H2,1-2H3,(H,18,19). The van der Waals surface area contributed by atoms with Crippen molar-refractivity contribution >= 4 is 5.91 Å². The number of hydrogen-bond donors (Lipinski definition) is 2. The average Bonchev–Trinajstić information content (AvgIpc) is 2.47. The number of nitrogens with two attached hydrogens (primary N) is 1. The van der Waals surface area contributed by atoms with Gasteiger partial charge in [0.1, 0.15) is 0 Å². The first kappa shape index (κ1) is 15.6.